The van der Waals surface area contributed by atoms with E-state index >= 15 is 0 Å². The second-order valence-electron chi connectivity index (χ2n) is 5.23. The van der Waals surface area contributed by atoms with Crippen molar-refractivity contribution in [3.05, 3.63) is 22.7 Å². The van der Waals surface area contributed by atoms with E-state index in [1.165, 1.54) is 16.4 Å². The van der Waals surface area contributed by atoms with Gasteiger partial charge in [-0.25, -0.2) is 8.42 Å². The van der Waals surface area contributed by atoms with E-state index in [9.17, 15) is 8.42 Å². The Balaban J connectivity index is 1.88. The van der Waals surface area contributed by atoms with Crippen LogP contribution in [0, 0.1) is 0 Å². The smallest absolute Gasteiger partial charge is 0.243 e. The Kier molecular flexibility index (Phi) is 4.00. The number of nitrogens with two attached hydrogens (primary N) is 1. The molecular formula is C13H17BrN2O4S. The van der Waals surface area contributed by atoms with Crippen molar-refractivity contribution in [3.8, 4) is 0 Å². The maximum atomic E-state index is 12.7. The number of nitrogen functional groups attached to an aromatic ring is 1. The molecular weight excluding hydrogens is 360 g/mol. The Morgan fingerprint density at radius 1 is 1.29 bits per heavy atom. The number of ether oxygens (including phenoxy) is 2. The molecule has 2 fully saturated rings. The predicted octanol–water partition coefficient (Wildman–Crippen LogP) is 1.56. The summed E-state index contributed by atoms with van der Waals surface area (Å²) >= 11 is 3.26. The highest BCUT2D eigenvalue weighted by atomic mass is 79.9. The minimum atomic E-state index is -3.58. The molecule has 0 amide bonds. The van der Waals surface area contributed by atoms with Gasteiger partial charge in [0.15, 0.2) is 5.79 Å². The summed E-state index contributed by atoms with van der Waals surface area (Å²) in [5.41, 5.74) is 6.22. The van der Waals surface area contributed by atoms with Crippen LogP contribution in [0.3, 0.4) is 0 Å². The first-order valence-electron chi connectivity index (χ1n) is 6.76. The first-order chi connectivity index (χ1) is 9.93. The molecule has 2 heterocycles. The lowest BCUT2D eigenvalue weighted by Gasteiger charge is -2.37. The van der Waals surface area contributed by atoms with Crippen LogP contribution >= 0.6 is 15.9 Å². The molecule has 2 aliphatic heterocycles. The molecule has 0 unspecified atom stereocenters. The zero-order chi connectivity index (χ0) is 15.1. The van der Waals surface area contributed by atoms with E-state index in [1.54, 1.807) is 6.07 Å². The highest BCUT2D eigenvalue weighted by molar-refractivity contribution is 9.10. The molecule has 0 aromatic heterocycles. The van der Waals surface area contributed by atoms with Crippen LogP contribution in [0.25, 0.3) is 0 Å². The van der Waals surface area contributed by atoms with E-state index in [1.807, 2.05) is 0 Å². The maximum Gasteiger partial charge on any atom is 0.243 e. The summed E-state index contributed by atoms with van der Waals surface area (Å²) in [6.07, 6.45) is 1.44. The molecule has 1 aromatic rings. The Morgan fingerprint density at radius 3 is 2.67 bits per heavy atom. The van der Waals surface area contributed by atoms with Gasteiger partial charge in [-0.1, -0.05) is 0 Å². The Morgan fingerprint density at radius 2 is 2.00 bits per heavy atom. The SMILES string of the molecule is Nc1ccc(S(=O)(=O)N2CCCC3(C2)OCCO3)cc1Br. The number of sulfonamides is 1. The fourth-order valence-electron chi connectivity index (χ4n) is 2.71. The van der Waals surface area contributed by atoms with E-state index in [-0.39, 0.29) is 11.4 Å². The van der Waals surface area contributed by atoms with Crippen molar-refractivity contribution in [2.75, 3.05) is 32.0 Å². The monoisotopic (exact) mass is 376 g/mol. The average Bonchev–Trinajstić information content (AvgIpc) is 2.89. The van der Waals surface area contributed by atoms with Crippen molar-refractivity contribution in [3.63, 3.8) is 0 Å². The molecule has 0 saturated carbocycles. The van der Waals surface area contributed by atoms with Gasteiger partial charge in [0.1, 0.15) is 0 Å². The largest absolute Gasteiger partial charge is 0.398 e. The molecule has 1 spiro atoms. The summed E-state index contributed by atoms with van der Waals surface area (Å²) in [4.78, 5) is 0.221. The zero-order valence-electron chi connectivity index (χ0n) is 11.4. The highest BCUT2D eigenvalue weighted by Crippen LogP contribution is 2.33. The number of hydrogen-bond donors (Lipinski definition) is 1. The lowest BCUT2D eigenvalue weighted by Crippen LogP contribution is -2.50. The van der Waals surface area contributed by atoms with Crippen LogP contribution in [0.4, 0.5) is 5.69 Å². The maximum absolute atomic E-state index is 12.7. The highest BCUT2D eigenvalue weighted by Gasteiger charge is 2.44. The summed E-state index contributed by atoms with van der Waals surface area (Å²) in [5, 5.41) is 0. The van der Waals surface area contributed by atoms with Crippen LogP contribution < -0.4 is 5.73 Å². The lowest BCUT2D eigenvalue weighted by molar-refractivity contribution is -0.179. The quantitative estimate of drug-likeness (QED) is 0.791. The number of benzene rings is 1. The Labute approximate surface area is 132 Å². The topological polar surface area (TPSA) is 81.9 Å². The standard InChI is InChI=1S/C13H17BrN2O4S/c14-11-8-10(2-3-12(11)15)21(17,18)16-5-1-4-13(9-16)19-6-7-20-13/h2-3,8H,1,4-7,9,15H2. The van der Waals surface area contributed by atoms with Gasteiger partial charge in [-0.3, -0.25) is 0 Å². The van der Waals surface area contributed by atoms with Gasteiger partial charge in [-0.2, -0.15) is 4.31 Å². The third-order valence-corrected chi connectivity index (χ3v) is 6.33. The van der Waals surface area contributed by atoms with Gasteiger partial charge in [0, 0.05) is 23.1 Å². The second kappa shape index (κ2) is 5.51. The molecule has 21 heavy (non-hydrogen) atoms. The fourth-order valence-corrected chi connectivity index (χ4v) is 4.78. The van der Waals surface area contributed by atoms with Gasteiger partial charge in [0.25, 0.3) is 0 Å². The lowest BCUT2D eigenvalue weighted by atomic mass is 10.1. The number of rotatable bonds is 2. The van der Waals surface area contributed by atoms with E-state index in [2.05, 4.69) is 15.9 Å². The number of hydrogen-bond acceptors (Lipinski definition) is 5. The van der Waals surface area contributed by atoms with Gasteiger partial charge in [0.05, 0.1) is 24.7 Å². The average molecular weight is 377 g/mol. The summed E-state index contributed by atoms with van der Waals surface area (Å²) < 4.78 is 38.7. The number of piperidine rings is 1. The van der Waals surface area contributed by atoms with Crippen LogP contribution in [-0.4, -0.2) is 44.8 Å². The molecule has 0 aliphatic carbocycles. The first-order valence-corrected chi connectivity index (χ1v) is 8.99. The Bertz CT molecular complexity index is 644. The van der Waals surface area contributed by atoms with Crippen LogP contribution in [0.5, 0.6) is 0 Å². The number of nitrogens with zero attached hydrogens (tertiary/aromatic N) is 1. The van der Waals surface area contributed by atoms with Crippen molar-refractivity contribution in [1.29, 1.82) is 0 Å². The van der Waals surface area contributed by atoms with Gasteiger partial charge < -0.3 is 15.2 Å². The summed E-state index contributed by atoms with van der Waals surface area (Å²) in [7, 11) is -3.58. The Hall–Kier alpha value is -0.670. The molecule has 116 valence electrons. The summed E-state index contributed by atoms with van der Waals surface area (Å²) in [6, 6.07) is 4.63. The van der Waals surface area contributed by atoms with Crippen LogP contribution in [0.1, 0.15) is 12.8 Å². The molecule has 6 nitrogen and oxygen atoms in total. The summed E-state index contributed by atoms with van der Waals surface area (Å²) in [5.74, 6) is -0.767. The van der Waals surface area contributed by atoms with E-state index in [4.69, 9.17) is 15.2 Å². The second-order valence-corrected chi connectivity index (χ2v) is 8.03. The van der Waals surface area contributed by atoms with Crippen molar-refractivity contribution in [1.82, 2.24) is 4.31 Å². The van der Waals surface area contributed by atoms with E-state index in [0.717, 1.165) is 12.8 Å². The molecule has 1 aromatic carbocycles. The van der Waals surface area contributed by atoms with E-state index in [0.29, 0.717) is 29.9 Å². The number of halogens is 1. The van der Waals surface area contributed by atoms with E-state index < -0.39 is 15.8 Å². The molecule has 0 atom stereocenters. The number of anilines is 1. The molecule has 0 radical (unpaired) electrons. The normalized spacial score (nSPS) is 22.7. The molecule has 2 aliphatic rings. The van der Waals surface area contributed by atoms with Crippen molar-refractivity contribution in [2.24, 2.45) is 0 Å². The van der Waals surface area contributed by atoms with Crippen LogP contribution in [-0.2, 0) is 19.5 Å². The molecule has 3 rings (SSSR count). The molecule has 0 bridgehead atoms. The minimum absolute atomic E-state index is 0.221. The van der Waals surface area contributed by atoms with Crippen molar-refractivity contribution in [2.45, 2.75) is 23.5 Å². The van der Waals surface area contributed by atoms with Crippen molar-refractivity contribution < 1.29 is 17.9 Å². The molecule has 2 saturated heterocycles. The van der Waals surface area contributed by atoms with Gasteiger partial charge in [-0.05, 0) is 40.5 Å². The zero-order valence-corrected chi connectivity index (χ0v) is 13.8. The van der Waals surface area contributed by atoms with Crippen LogP contribution in [0.15, 0.2) is 27.6 Å². The van der Waals surface area contributed by atoms with Crippen LogP contribution in [0.2, 0.25) is 0 Å². The third-order valence-electron chi connectivity index (χ3n) is 3.81. The molecule has 8 heteroatoms. The summed E-state index contributed by atoms with van der Waals surface area (Å²) in [6.45, 7) is 1.73. The fraction of sp³-hybridized carbons (Fsp3) is 0.538. The van der Waals surface area contributed by atoms with Gasteiger partial charge in [-0.15, -0.1) is 0 Å². The first kappa shape index (κ1) is 15.2. The van der Waals surface area contributed by atoms with Gasteiger partial charge in [0.2, 0.25) is 10.0 Å². The van der Waals surface area contributed by atoms with Gasteiger partial charge >= 0.3 is 0 Å². The predicted molar refractivity (Wildman–Crippen MR) is 81.2 cm³/mol. The third kappa shape index (κ3) is 2.83. The van der Waals surface area contributed by atoms with Crippen molar-refractivity contribution >= 4 is 31.6 Å². The minimum Gasteiger partial charge on any atom is -0.398 e. The molecule has 2 N–H and O–H groups in total.